The smallest absolute Gasteiger partial charge is 0.326 e. The van der Waals surface area contributed by atoms with Crippen molar-refractivity contribution < 1.29 is 29.1 Å². The van der Waals surface area contributed by atoms with Crippen LogP contribution < -0.4 is 38.5 Å². The number of rotatable bonds is 19. The third kappa shape index (κ3) is 14.5. The van der Waals surface area contributed by atoms with Gasteiger partial charge in [0.15, 0.2) is 0 Å². The molecule has 214 valence electrons. The number of carbonyl (C=O) groups is 5. The van der Waals surface area contributed by atoms with Crippen molar-refractivity contribution in [3.8, 4) is 0 Å². The molecule has 5 atom stereocenters. The Morgan fingerprint density at radius 1 is 0.649 bits per heavy atom. The molecule has 0 aromatic rings. The van der Waals surface area contributed by atoms with Crippen molar-refractivity contribution in [2.24, 2.45) is 23.1 Å². The van der Waals surface area contributed by atoms with E-state index >= 15 is 0 Å². The van der Waals surface area contributed by atoms with E-state index in [0.717, 1.165) is 6.42 Å². The van der Waals surface area contributed by atoms with Crippen LogP contribution in [0.5, 0.6) is 0 Å². The topological polar surface area (TPSA) is 232 Å². The number of hydrogen-bond donors (Lipinski definition) is 8. The Kier molecular flexibility index (Phi) is 17.1. The number of nitrogens with one attached hydrogen (secondary N) is 4. The highest BCUT2D eigenvalue weighted by atomic mass is 16.4. The fourth-order valence-corrected chi connectivity index (χ4v) is 3.45. The first-order valence-electron chi connectivity index (χ1n) is 12.9. The van der Waals surface area contributed by atoms with Gasteiger partial charge in [-0.1, -0.05) is 20.3 Å². The maximum absolute atomic E-state index is 12.9. The number of amides is 4. The molecule has 13 nitrogen and oxygen atoms in total. The number of hydrogen-bond acceptors (Lipinski definition) is 8. The Balaban J connectivity index is 4.98. The molecular formula is C24H47N7O6. The summed E-state index contributed by atoms with van der Waals surface area (Å²) < 4.78 is 0. The minimum atomic E-state index is -1.18. The molecule has 4 amide bonds. The second-order valence-electron chi connectivity index (χ2n) is 9.73. The van der Waals surface area contributed by atoms with Crippen LogP contribution >= 0.6 is 0 Å². The number of carboxylic acids is 1. The standard InChI is InChI=1S/C24H47N7O6/c1-14(2)13-19(31-22(34)17(27)9-5-7-11-25)23(35)29-15(3)20(32)28-16(4)21(33)30-18(24(36)37)10-6-8-12-26/h14-19H,5-13,25-27H2,1-4H3,(H,28,32)(H,29,35)(H,30,33)(H,31,34)(H,36,37)/t15-,16-,17-,18-,19-/m0/s1. The summed E-state index contributed by atoms with van der Waals surface area (Å²) in [6, 6.07) is -4.83. The first-order chi connectivity index (χ1) is 17.3. The van der Waals surface area contributed by atoms with Crippen LogP contribution in [0.4, 0.5) is 0 Å². The highest BCUT2D eigenvalue weighted by Crippen LogP contribution is 2.07. The van der Waals surface area contributed by atoms with Crippen molar-refractivity contribution in [1.29, 1.82) is 0 Å². The fourth-order valence-electron chi connectivity index (χ4n) is 3.45. The van der Waals surface area contributed by atoms with Gasteiger partial charge in [0, 0.05) is 0 Å². The van der Waals surface area contributed by atoms with Crippen molar-refractivity contribution in [1.82, 2.24) is 21.3 Å². The molecule has 0 aliphatic rings. The van der Waals surface area contributed by atoms with Gasteiger partial charge < -0.3 is 43.6 Å². The predicted molar refractivity (Wildman–Crippen MR) is 140 cm³/mol. The molecule has 11 N–H and O–H groups in total. The lowest BCUT2D eigenvalue weighted by Crippen LogP contribution is -2.57. The van der Waals surface area contributed by atoms with Gasteiger partial charge in [-0.15, -0.1) is 0 Å². The average Bonchev–Trinajstić information content (AvgIpc) is 2.82. The molecule has 0 bridgehead atoms. The number of carbonyl (C=O) groups excluding carboxylic acids is 4. The van der Waals surface area contributed by atoms with Gasteiger partial charge in [-0.25, -0.2) is 4.79 Å². The van der Waals surface area contributed by atoms with Crippen LogP contribution in [0.15, 0.2) is 0 Å². The Morgan fingerprint density at radius 2 is 1.11 bits per heavy atom. The van der Waals surface area contributed by atoms with E-state index in [2.05, 4.69) is 21.3 Å². The Hall–Kier alpha value is -2.77. The fraction of sp³-hybridized carbons (Fsp3) is 0.792. The average molecular weight is 530 g/mol. The molecule has 0 fully saturated rings. The predicted octanol–water partition coefficient (Wildman–Crippen LogP) is -1.32. The van der Waals surface area contributed by atoms with Gasteiger partial charge in [0.1, 0.15) is 24.2 Å². The van der Waals surface area contributed by atoms with Crippen molar-refractivity contribution >= 4 is 29.6 Å². The third-order valence-corrected chi connectivity index (χ3v) is 5.71. The normalized spacial score (nSPS) is 15.1. The quantitative estimate of drug-likeness (QED) is 0.0926. The third-order valence-electron chi connectivity index (χ3n) is 5.71. The molecule has 0 aromatic carbocycles. The van der Waals surface area contributed by atoms with Crippen LogP contribution in [-0.4, -0.2) is 78.0 Å². The van der Waals surface area contributed by atoms with Crippen LogP contribution in [-0.2, 0) is 24.0 Å². The first-order valence-corrected chi connectivity index (χ1v) is 12.9. The van der Waals surface area contributed by atoms with E-state index in [0.29, 0.717) is 45.2 Å². The van der Waals surface area contributed by atoms with Gasteiger partial charge in [0.2, 0.25) is 23.6 Å². The van der Waals surface area contributed by atoms with Gasteiger partial charge in [0.25, 0.3) is 0 Å². The van der Waals surface area contributed by atoms with Crippen LogP contribution in [0.25, 0.3) is 0 Å². The Bertz CT molecular complexity index is 749. The maximum atomic E-state index is 12.9. The van der Waals surface area contributed by atoms with Gasteiger partial charge in [0.05, 0.1) is 6.04 Å². The van der Waals surface area contributed by atoms with Crippen LogP contribution in [0.3, 0.4) is 0 Å². The molecule has 0 heterocycles. The lowest BCUT2D eigenvalue weighted by Gasteiger charge is -2.24. The minimum absolute atomic E-state index is 0.0735. The van der Waals surface area contributed by atoms with Gasteiger partial charge in [-0.2, -0.15) is 0 Å². The molecule has 0 unspecified atom stereocenters. The lowest BCUT2D eigenvalue weighted by atomic mass is 10.0. The summed E-state index contributed by atoms with van der Waals surface area (Å²) in [7, 11) is 0. The molecule has 0 saturated heterocycles. The van der Waals surface area contributed by atoms with Gasteiger partial charge in [-0.05, 0) is 71.4 Å². The number of nitrogens with two attached hydrogens (primary N) is 3. The summed E-state index contributed by atoms with van der Waals surface area (Å²) in [5, 5.41) is 19.4. The summed E-state index contributed by atoms with van der Waals surface area (Å²) in [6.07, 6.45) is 3.58. The molecule has 0 rings (SSSR count). The molecule has 0 aliphatic heterocycles. The van der Waals surface area contributed by atoms with Gasteiger partial charge >= 0.3 is 5.97 Å². The first kappa shape index (κ1) is 34.2. The molecule has 0 aliphatic carbocycles. The second kappa shape index (κ2) is 18.5. The summed E-state index contributed by atoms with van der Waals surface area (Å²) >= 11 is 0. The second-order valence-corrected chi connectivity index (χ2v) is 9.73. The Morgan fingerprint density at radius 3 is 1.59 bits per heavy atom. The van der Waals surface area contributed by atoms with Crippen molar-refractivity contribution in [3.63, 3.8) is 0 Å². The highest BCUT2D eigenvalue weighted by molar-refractivity contribution is 5.95. The summed E-state index contributed by atoms with van der Waals surface area (Å²) in [4.78, 5) is 61.7. The summed E-state index contributed by atoms with van der Waals surface area (Å²) in [5.41, 5.74) is 16.8. The van der Waals surface area contributed by atoms with Crippen LogP contribution in [0.1, 0.15) is 72.6 Å². The van der Waals surface area contributed by atoms with Crippen molar-refractivity contribution in [2.45, 2.75) is 103 Å². The van der Waals surface area contributed by atoms with Crippen LogP contribution in [0, 0.1) is 5.92 Å². The van der Waals surface area contributed by atoms with Crippen molar-refractivity contribution in [2.75, 3.05) is 13.1 Å². The number of carboxylic acid groups (broad SMARTS) is 1. The molecule has 0 saturated carbocycles. The largest absolute Gasteiger partial charge is 0.480 e. The number of aliphatic carboxylic acids is 1. The van der Waals surface area contributed by atoms with E-state index in [1.54, 1.807) is 0 Å². The molecule has 0 spiro atoms. The summed E-state index contributed by atoms with van der Waals surface area (Å²) in [6.45, 7) is 7.56. The maximum Gasteiger partial charge on any atom is 0.326 e. The molecular weight excluding hydrogens is 482 g/mol. The molecule has 0 aromatic heterocycles. The van der Waals surface area contributed by atoms with E-state index in [-0.39, 0.29) is 12.3 Å². The minimum Gasteiger partial charge on any atom is -0.480 e. The zero-order valence-corrected chi connectivity index (χ0v) is 22.5. The number of unbranched alkanes of at least 4 members (excludes halogenated alkanes) is 2. The monoisotopic (exact) mass is 529 g/mol. The van der Waals surface area contributed by atoms with Crippen LogP contribution in [0.2, 0.25) is 0 Å². The van der Waals surface area contributed by atoms with E-state index in [4.69, 9.17) is 17.2 Å². The highest BCUT2D eigenvalue weighted by Gasteiger charge is 2.29. The lowest BCUT2D eigenvalue weighted by molar-refractivity contribution is -0.142. The molecule has 13 heteroatoms. The van der Waals surface area contributed by atoms with E-state index < -0.39 is 59.8 Å². The molecule has 0 radical (unpaired) electrons. The van der Waals surface area contributed by atoms with Gasteiger partial charge in [-0.3, -0.25) is 19.2 Å². The molecule has 37 heavy (non-hydrogen) atoms. The van der Waals surface area contributed by atoms with E-state index in [9.17, 15) is 29.1 Å². The Labute approximate surface area is 219 Å². The SMILES string of the molecule is CC(C)C[C@H](NC(=O)[C@@H](N)CCCCN)C(=O)N[C@@H](C)C(=O)N[C@@H](C)C(=O)N[C@@H](CCCCN)C(=O)O. The zero-order chi connectivity index (χ0) is 28.5. The van der Waals surface area contributed by atoms with Crippen molar-refractivity contribution in [3.05, 3.63) is 0 Å². The van der Waals surface area contributed by atoms with E-state index in [1.165, 1.54) is 13.8 Å². The van der Waals surface area contributed by atoms with E-state index in [1.807, 2.05) is 13.8 Å². The summed E-state index contributed by atoms with van der Waals surface area (Å²) in [5.74, 6) is -3.42. The zero-order valence-electron chi connectivity index (χ0n) is 22.5.